The molecular formula is C12H16N2O3. The largest absolute Gasteiger partial charge is 0.464 e. The number of aromatic nitrogens is 1. The van der Waals surface area contributed by atoms with Gasteiger partial charge in [-0.05, 0) is 25.5 Å². The molecule has 0 aliphatic carbocycles. The standard InChI is InChI=1S/C12H16N2O3/c1-12(4-6-17-8-12)14-9-3-5-13-10(7-9)11(15)16-2/h3,5,7H,4,6,8H2,1-2H3,(H,13,14). The minimum absolute atomic E-state index is 0.0747. The third kappa shape index (κ3) is 2.74. The number of hydrogen-bond acceptors (Lipinski definition) is 5. The molecule has 1 aromatic heterocycles. The van der Waals surface area contributed by atoms with Crippen molar-refractivity contribution in [2.24, 2.45) is 0 Å². The van der Waals surface area contributed by atoms with Gasteiger partial charge < -0.3 is 14.8 Å². The highest BCUT2D eigenvalue weighted by Gasteiger charge is 2.29. The zero-order chi connectivity index (χ0) is 12.3. The van der Waals surface area contributed by atoms with Crippen LogP contribution in [0.15, 0.2) is 18.3 Å². The van der Waals surface area contributed by atoms with Gasteiger partial charge in [0.05, 0.1) is 19.3 Å². The Kier molecular flexibility index (Phi) is 3.28. The fourth-order valence-electron chi connectivity index (χ4n) is 1.84. The van der Waals surface area contributed by atoms with Crippen LogP contribution in [0.4, 0.5) is 5.69 Å². The van der Waals surface area contributed by atoms with E-state index in [4.69, 9.17) is 4.74 Å². The summed E-state index contributed by atoms with van der Waals surface area (Å²) in [5.74, 6) is -0.429. The highest BCUT2D eigenvalue weighted by Crippen LogP contribution is 2.23. The van der Waals surface area contributed by atoms with Crippen molar-refractivity contribution in [3.05, 3.63) is 24.0 Å². The molecule has 0 saturated carbocycles. The second-order valence-corrected chi connectivity index (χ2v) is 4.41. The summed E-state index contributed by atoms with van der Waals surface area (Å²) in [6.07, 6.45) is 2.54. The van der Waals surface area contributed by atoms with Crippen LogP contribution in [0.2, 0.25) is 0 Å². The number of methoxy groups -OCH3 is 1. The molecular weight excluding hydrogens is 220 g/mol. The summed E-state index contributed by atoms with van der Waals surface area (Å²) in [4.78, 5) is 15.3. The van der Waals surface area contributed by atoms with Gasteiger partial charge in [0.15, 0.2) is 0 Å². The quantitative estimate of drug-likeness (QED) is 0.805. The summed E-state index contributed by atoms with van der Waals surface area (Å²) >= 11 is 0. The van der Waals surface area contributed by atoms with E-state index in [1.165, 1.54) is 7.11 Å². The van der Waals surface area contributed by atoms with Crippen molar-refractivity contribution in [1.82, 2.24) is 4.98 Å². The van der Waals surface area contributed by atoms with Crippen molar-refractivity contribution in [3.8, 4) is 0 Å². The molecule has 1 N–H and O–H groups in total. The van der Waals surface area contributed by atoms with Gasteiger partial charge in [0.25, 0.3) is 0 Å². The van der Waals surface area contributed by atoms with Gasteiger partial charge in [-0.15, -0.1) is 0 Å². The number of anilines is 1. The average molecular weight is 236 g/mol. The first-order valence-electron chi connectivity index (χ1n) is 5.53. The first kappa shape index (κ1) is 11.9. The fraction of sp³-hybridized carbons (Fsp3) is 0.500. The van der Waals surface area contributed by atoms with E-state index in [0.29, 0.717) is 12.3 Å². The molecule has 0 bridgehead atoms. The average Bonchev–Trinajstić information content (AvgIpc) is 2.75. The first-order valence-corrected chi connectivity index (χ1v) is 5.53. The van der Waals surface area contributed by atoms with E-state index in [2.05, 4.69) is 22.0 Å². The molecule has 0 spiro atoms. The number of rotatable bonds is 3. The molecule has 1 atom stereocenters. The smallest absolute Gasteiger partial charge is 0.356 e. The molecule has 5 nitrogen and oxygen atoms in total. The van der Waals surface area contributed by atoms with Gasteiger partial charge >= 0.3 is 5.97 Å². The molecule has 0 radical (unpaired) electrons. The van der Waals surface area contributed by atoms with E-state index < -0.39 is 5.97 Å². The van der Waals surface area contributed by atoms with Crippen molar-refractivity contribution < 1.29 is 14.3 Å². The predicted octanol–water partition coefficient (Wildman–Crippen LogP) is 1.46. The topological polar surface area (TPSA) is 60.5 Å². The van der Waals surface area contributed by atoms with Crippen molar-refractivity contribution in [3.63, 3.8) is 0 Å². The Balaban J connectivity index is 2.13. The van der Waals surface area contributed by atoms with E-state index >= 15 is 0 Å². The summed E-state index contributed by atoms with van der Waals surface area (Å²) in [5, 5.41) is 3.36. The third-order valence-electron chi connectivity index (χ3n) is 2.82. The minimum atomic E-state index is -0.429. The number of hydrogen-bond donors (Lipinski definition) is 1. The number of carbonyl (C=O) groups is 1. The van der Waals surface area contributed by atoms with Crippen molar-refractivity contribution in [1.29, 1.82) is 0 Å². The zero-order valence-electron chi connectivity index (χ0n) is 10.0. The van der Waals surface area contributed by atoms with Gasteiger partial charge in [0.1, 0.15) is 5.69 Å². The van der Waals surface area contributed by atoms with Gasteiger partial charge in [-0.25, -0.2) is 9.78 Å². The minimum Gasteiger partial charge on any atom is -0.464 e. The van der Waals surface area contributed by atoms with E-state index in [9.17, 15) is 4.79 Å². The van der Waals surface area contributed by atoms with Crippen molar-refractivity contribution >= 4 is 11.7 Å². The molecule has 92 valence electrons. The Labute approximate surface area is 100 Å². The normalized spacial score (nSPS) is 23.4. The zero-order valence-corrected chi connectivity index (χ0v) is 10.0. The molecule has 17 heavy (non-hydrogen) atoms. The molecule has 1 fully saturated rings. The van der Waals surface area contributed by atoms with Gasteiger partial charge in [0, 0.05) is 18.5 Å². The molecule has 1 aromatic rings. The van der Waals surface area contributed by atoms with Gasteiger partial charge in [-0.3, -0.25) is 0 Å². The Morgan fingerprint density at radius 2 is 2.47 bits per heavy atom. The van der Waals surface area contributed by atoms with Crippen LogP contribution in [-0.2, 0) is 9.47 Å². The lowest BCUT2D eigenvalue weighted by molar-refractivity contribution is 0.0594. The number of pyridine rings is 1. The second kappa shape index (κ2) is 4.71. The lowest BCUT2D eigenvalue weighted by Crippen LogP contribution is -2.35. The number of carbonyl (C=O) groups excluding carboxylic acids is 1. The molecule has 1 unspecified atom stereocenters. The van der Waals surface area contributed by atoms with Crippen molar-refractivity contribution in [2.45, 2.75) is 18.9 Å². The number of esters is 1. The predicted molar refractivity (Wildman–Crippen MR) is 63.0 cm³/mol. The monoisotopic (exact) mass is 236 g/mol. The molecule has 2 rings (SSSR count). The van der Waals surface area contributed by atoms with Crippen LogP contribution < -0.4 is 5.32 Å². The Morgan fingerprint density at radius 1 is 1.65 bits per heavy atom. The number of ether oxygens (including phenoxy) is 2. The van der Waals surface area contributed by atoms with E-state index in [0.717, 1.165) is 18.7 Å². The second-order valence-electron chi connectivity index (χ2n) is 4.41. The van der Waals surface area contributed by atoms with Gasteiger partial charge in [-0.2, -0.15) is 0 Å². The van der Waals surface area contributed by atoms with Crippen LogP contribution >= 0.6 is 0 Å². The summed E-state index contributed by atoms with van der Waals surface area (Å²) in [5.41, 5.74) is 1.09. The van der Waals surface area contributed by atoms with E-state index in [1.807, 2.05) is 6.07 Å². The molecule has 5 heteroatoms. The fourth-order valence-corrected chi connectivity index (χ4v) is 1.84. The maximum absolute atomic E-state index is 11.3. The van der Waals surface area contributed by atoms with E-state index in [1.54, 1.807) is 12.3 Å². The van der Waals surface area contributed by atoms with Crippen LogP contribution in [0, 0.1) is 0 Å². The number of nitrogens with one attached hydrogen (secondary N) is 1. The molecule has 0 aromatic carbocycles. The summed E-state index contributed by atoms with van der Waals surface area (Å²) in [7, 11) is 1.34. The molecule has 0 amide bonds. The Bertz CT molecular complexity index is 414. The van der Waals surface area contributed by atoms with Crippen LogP contribution in [-0.4, -0.2) is 36.8 Å². The van der Waals surface area contributed by atoms with Crippen LogP contribution in [0.5, 0.6) is 0 Å². The molecule has 1 aliphatic rings. The number of nitrogens with zero attached hydrogens (tertiary/aromatic N) is 1. The maximum atomic E-state index is 11.3. The van der Waals surface area contributed by atoms with E-state index in [-0.39, 0.29) is 5.54 Å². The highest BCUT2D eigenvalue weighted by atomic mass is 16.5. The maximum Gasteiger partial charge on any atom is 0.356 e. The third-order valence-corrected chi connectivity index (χ3v) is 2.82. The van der Waals surface area contributed by atoms with Crippen molar-refractivity contribution in [2.75, 3.05) is 25.6 Å². The first-order chi connectivity index (χ1) is 8.13. The lowest BCUT2D eigenvalue weighted by Gasteiger charge is -2.25. The van der Waals surface area contributed by atoms with Crippen LogP contribution in [0.3, 0.4) is 0 Å². The van der Waals surface area contributed by atoms with Gasteiger partial charge in [-0.1, -0.05) is 0 Å². The Hall–Kier alpha value is -1.62. The Morgan fingerprint density at radius 3 is 3.12 bits per heavy atom. The van der Waals surface area contributed by atoms with Gasteiger partial charge in [0.2, 0.25) is 0 Å². The summed E-state index contributed by atoms with van der Waals surface area (Å²) in [6.45, 7) is 3.53. The lowest BCUT2D eigenvalue weighted by atomic mass is 10.0. The molecule has 2 heterocycles. The van der Waals surface area contributed by atoms with Crippen LogP contribution in [0.1, 0.15) is 23.8 Å². The highest BCUT2D eigenvalue weighted by molar-refractivity contribution is 5.88. The summed E-state index contributed by atoms with van der Waals surface area (Å²) in [6, 6.07) is 3.52. The van der Waals surface area contributed by atoms with Crippen LogP contribution in [0.25, 0.3) is 0 Å². The molecule has 1 saturated heterocycles. The SMILES string of the molecule is COC(=O)c1cc(NC2(C)CCOC2)ccn1. The summed E-state index contributed by atoms with van der Waals surface area (Å²) < 4.78 is 9.99. The molecule has 1 aliphatic heterocycles.